The summed E-state index contributed by atoms with van der Waals surface area (Å²) in [5, 5.41) is 13.2. The van der Waals surface area contributed by atoms with Crippen molar-refractivity contribution in [3.63, 3.8) is 0 Å². The van der Waals surface area contributed by atoms with Crippen molar-refractivity contribution in [2.75, 3.05) is 5.32 Å². The second-order valence-electron chi connectivity index (χ2n) is 3.94. The topological polar surface area (TPSA) is 42.7 Å². The summed E-state index contributed by atoms with van der Waals surface area (Å²) >= 11 is 1.58. The molecule has 0 aliphatic carbocycles. The van der Waals surface area contributed by atoms with Crippen molar-refractivity contribution in [1.29, 1.82) is 0 Å². The number of hydrogen-bond donors (Lipinski definition) is 1. The first-order valence-electron chi connectivity index (χ1n) is 5.23. The molecule has 0 aliphatic rings. The first kappa shape index (κ1) is 11.1. The van der Waals surface area contributed by atoms with Crippen LogP contribution >= 0.6 is 11.3 Å². The minimum Gasteiger partial charge on any atom is -0.356 e. The maximum absolute atomic E-state index is 4.04. The quantitative estimate of drug-likeness (QED) is 0.890. The number of hydrogen-bond acceptors (Lipinski definition) is 4. The molecule has 2 aromatic rings. The molecule has 0 bridgehead atoms. The van der Waals surface area contributed by atoms with E-state index in [9.17, 15) is 0 Å². The molecule has 2 heterocycles. The standard InChI is InChI=1S/C11H16N4S/c1-7-5-10(8(2)15(7)4)6-12-11-14-13-9(3)16-11/h5H,6H2,1-4H3,(H,12,14). The SMILES string of the molecule is Cc1nnc(NCc2cc(C)n(C)c2C)s1. The van der Waals surface area contributed by atoms with Gasteiger partial charge in [-0.2, -0.15) is 0 Å². The summed E-state index contributed by atoms with van der Waals surface area (Å²) in [5.74, 6) is 0. The molecule has 86 valence electrons. The largest absolute Gasteiger partial charge is 0.356 e. The van der Waals surface area contributed by atoms with E-state index in [-0.39, 0.29) is 0 Å². The average molecular weight is 236 g/mol. The molecular formula is C11H16N4S. The zero-order chi connectivity index (χ0) is 11.7. The molecule has 0 unspecified atom stereocenters. The predicted molar refractivity (Wildman–Crippen MR) is 66.9 cm³/mol. The van der Waals surface area contributed by atoms with E-state index in [0.29, 0.717) is 0 Å². The summed E-state index contributed by atoms with van der Waals surface area (Å²) in [6.07, 6.45) is 0. The predicted octanol–water partition coefficient (Wildman–Crippen LogP) is 2.41. The minimum absolute atomic E-state index is 0.808. The molecule has 0 amide bonds. The molecule has 0 radical (unpaired) electrons. The van der Waals surface area contributed by atoms with Gasteiger partial charge in [0, 0.05) is 25.0 Å². The highest BCUT2D eigenvalue weighted by Gasteiger charge is 2.06. The van der Waals surface area contributed by atoms with Gasteiger partial charge in [0.15, 0.2) is 0 Å². The highest BCUT2D eigenvalue weighted by atomic mass is 32.1. The molecule has 1 N–H and O–H groups in total. The van der Waals surface area contributed by atoms with Crippen LogP contribution in [0.15, 0.2) is 6.07 Å². The second kappa shape index (κ2) is 4.25. The monoisotopic (exact) mass is 236 g/mol. The zero-order valence-corrected chi connectivity index (χ0v) is 10.9. The number of nitrogens with one attached hydrogen (secondary N) is 1. The van der Waals surface area contributed by atoms with Gasteiger partial charge in [0.2, 0.25) is 5.13 Å². The number of aryl methyl sites for hydroxylation is 2. The molecule has 5 heteroatoms. The summed E-state index contributed by atoms with van der Waals surface area (Å²) in [4.78, 5) is 0. The van der Waals surface area contributed by atoms with Crippen LogP contribution in [0.1, 0.15) is 22.0 Å². The highest BCUT2D eigenvalue weighted by Crippen LogP contribution is 2.17. The average Bonchev–Trinajstić information content (AvgIpc) is 2.76. The van der Waals surface area contributed by atoms with Crippen molar-refractivity contribution in [1.82, 2.24) is 14.8 Å². The molecule has 2 rings (SSSR count). The van der Waals surface area contributed by atoms with E-state index in [4.69, 9.17) is 0 Å². The smallest absolute Gasteiger partial charge is 0.205 e. The Labute approximate surface area is 99.3 Å². The van der Waals surface area contributed by atoms with Crippen molar-refractivity contribution >= 4 is 16.5 Å². The third-order valence-corrected chi connectivity index (χ3v) is 3.63. The Kier molecular flexibility index (Phi) is 2.96. The van der Waals surface area contributed by atoms with Gasteiger partial charge in [-0.15, -0.1) is 10.2 Å². The molecule has 4 nitrogen and oxygen atoms in total. The lowest BCUT2D eigenvalue weighted by Gasteiger charge is -2.03. The molecule has 0 spiro atoms. The van der Waals surface area contributed by atoms with Gasteiger partial charge in [-0.3, -0.25) is 0 Å². The van der Waals surface area contributed by atoms with Gasteiger partial charge in [0.1, 0.15) is 5.01 Å². The molecule has 0 saturated carbocycles. The lowest BCUT2D eigenvalue weighted by Crippen LogP contribution is -2.01. The molecule has 0 aromatic carbocycles. The zero-order valence-electron chi connectivity index (χ0n) is 10.0. The van der Waals surface area contributed by atoms with Gasteiger partial charge in [-0.1, -0.05) is 11.3 Å². The first-order valence-corrected chi connectivity index (χ1v) is 6.05. The van der Waals surface area contributed by atoms with Gasteiger partial charge in [0.05, 0.1) is 0 Å². The van der Waals surface area contributed by atoms with Gasteiger partial charge in [-0.05, 0) is 32.4 Å². The Morgan fingerprint density at radius 1 is 1.31 bits per heavy atom. The van der Waals surface area contributed by atoms with E-state index < -0.39 is 0 Å². The Morgan fingerprint density at radius 3 is 2.56 bits per heavy atom. The number of rotatable bonds is 3. The first-order chi connectivity index (χ1) is 7.58. The van der Waals surface area contributed by atoms with Crippen LogP contribution in [0.2, 0.25) is 0 Å². The van der Waals surface area contributed by atoms with Crippen LogP contribution in [-0.2, 0) is 13.6 Å². The minimum atomic E-state index is 0.808. The van der Waals surface area contributed by atoms with E-state index in [0.717, 1.165) is 16.7 Å². The normalized spacial score (nSPS) is 10.8. The molecule has 0 saturated heterocycles. The van der Waals surface area contributed by atoms with Crippen molar-refractivity contribution in [3.05, 3.63) is 28.0 Å². The summed E-state index contributed by atoms with van der Waals surface area (Å²) < 4.78 is 2.20. The molecule has 0 aliphatic heterocycles. The molecular weight excluding hydrogens is 220 g/mol. The van der Waals surface area contributed by atoms with Crippen molar-refractivity contribution < 1.29 is 0 Å². The van der Waals surface area contributed by atoms with Crippen LogP contribution in [0, 0.1) is 20.8 Å². The number of aromatic nitrogens is 3. The van der Waals surface area contributed by atoms with Crippen LogP contribution in [-0.4, -0.2) is 14.8 Å². The third-order valence-electron chi connectivity index (χ3n) is 2.84. The second-order valence-corrected chi connectivity index (χ2v) is 5.12. The fourth-order valence-corrected chi connectivity index (χ4v) is 2.24. The Balaban J connectivity index is 2.07. The third kappa shape index (κ3) is 2.09. The Morgan fingerprint density at radius 2 is 2.06 bits per heavy atom. The summed E-state index contributed by atoms with van der Waals surface area (Å²) in [6.45, 7) is 7.02. The Hall–Kier alpha value is -1.36. The van der Waals surface area contributed by atoms with E-state index in [1.807, 2.05) is 6.92 Å². The summed E-state index contributed by atoms with van der Waals surface area (Å²) in [7, 11) is 2.09. The molecule has 0 atom stereocenters. The number of nitrogens with zero attached hydrogens (tertiary/aromatic N) is 3. The molecule has 0 fully saturated rings. The number of anilines is 1. The lowest BCUT2D eigenvalue weighted by molar-refractivity contribution is 0.836. The summed E-state index contributed by atoms with van der Waals surface area (Å²) in [5.41, 5.74) is 3.89. The molecule has 2 aromatic heterocycles. The van der Waals surface area contributed by atoms with E-state index >= 15 is 0 Å². The van der Waals surface area contributed by atoms with Gasteiger partial charge in [-0.25, -0.2) is 0 Å². The van der Waals surface area contributed by atoms with E-state index in [1.165, 1.54) is 17.0 Å². The van der Waals surface area contributed by atoms with Crippen LogP contribution in [0.4, 0.5) is 5.13 Å². The van der Waals surface area contributed by atoms with Crippen molar-refractivity contribution in [3.8, 4) is 0 Å². The maximum atomic E-state index is 4.04. The van der Waals surface area contributed by atoms with Gasteiger partial charge in [0.25, 0.3) is 0 Å². The van der Waals surface area contributed by atoms with Crippen molar-refractivity contribution in [2.45, 2.75) is 27.3 Å². The lowest BCUT2D eigenvalue weighted by atomic mass is 10.2. The Bertz CT molecular complexity index is 498. The van der Waals surface area contributed by atoms with E-state index in [1.54, 1.807) is 11.3 Å². The molecule has 16 heavy (non-hydrogen) atoms. The highest BCUT2D eigenvalue weighted by molar-refractivity contribution is 7.15. The van der Waals surface area contributed by atoms with Crippen molar-refractivity contribution in [2.24, 2.45) is 7.05 Å². The fraction of sp³-hybridized carbons (Fsp3) is 0.455. The maximum Gasteiger partial charge on any atom is 0.205 e. The van der Waals surface area contributed by atoms with Gasteiger partial charge >= 0.3 is 0 Å². The van der Waals surface area contributed by atoms with Crippen LogP contribution in [0.3, 0.4) is 0 Å². The van der Waals surface area contributed by atoms with Crippen LogP contribution in [0.25, 0.3) is 0 Å². The van der Waals surface area contributed by atoms with Crippen LogP contribution < -0.4 is 5.32 Å². The van der Waals surface area contributed by atoms with E-state index in [2.05, 4.69) is 47.0 Å². The van der Waals surface area contributed by atoms with Gasteiger partial charge < -0.3 is 9.88 Å². The van der Waals surface area contributed by atoms with Crippen LogP contribution in [0.5, 0.6) is 0 Å². The fourth-order valence-electron chi connectivity index (χ4n) is 1.65. The summed E-state index contributed by atoms with van der Waals surface area (Å²) in [6, 6.07) is 2.20.